The highest BCUT2D eigenvalue weighted by Gasteiger charge is 2.29. The van der Waals surface area contributed by atoms with E-state index in [1.165, 1.54) is 5.56 Å². The molecule has 1 amide bonds. The van der Waals surface area contributed by atoms with Crippen molar-refractivity contribution >= 4 is 5.91 Å². The summed E-state index contributed by atoms with van der Waals surface area (Å²) in [5.74, 6) is 0.139. The van der Waals surface area contributed by atoms with Crippen molar-refractivity contribution in [2.45, 2.75) is 32.2 Å². The van der Waals surface area contributed by atoms with Gasteiger partial charge in [-0.3, -0.25) is 14.6 Å². The topological polar surface area (TPSA) is 106 Å². The lowest BCUT2D eigenvalue weighted by Crippen LogP contribution is -2.39. The fourth-order valence-electron chi connectivity index (χ4n) is 3.77. The molecule has 0 radical (unpaired) electrons. The second kappa shape index (κ2) is 7.93. The quantitative estimate of drug-likeness (QED) is 0.705. The van der Waals surface area contributed by atoms with Crippen LogP contribution in [0.4, 0.5) is 0 Å². The van der Waals surface area contributed by atoms with Gasteiger partial charge in [0.05, 0.1) is 18.9 Å². The predicted molar refractivity (Wildman–Crippen MR) is 106 cm³/mol. The van der Waals surface area contributed by atoms with E-state index in [0.29, 0.717) is 25.3 Å². The Morgan fingerprint density at radius 1 is 1.32 bits per heavy atom. The van der Waals surface area contributed by atoms with Crippen molar-refractivity contribution in [1.29, 1.82) is 0 Å². The summed E-state index contributed by atoms with van der Waals surface area (Å²) >= 11 is 0. The molecule has 1 saturated heterocycles. The summed E-state index contributed by atoms with van der Waals surface area (Å²) in [6.45, 7) is 4.46. The number of nitrogens with two attached hydrogens (primary N) is 1. The number of carbonyl (C=O) groups excluding carboxylic acids is 1. The average Bonchev–Trinajstić information content (AvgIpc) is 3.38. The van der Waals surface area contributed by atoms with Gasteiger partial charge in [0.1, 0.15) is 0 Å². The van der Waals surface area contributed by atoms with Crippen molar-refractivity contribution in [1.82, 2.24) is 30.1 Å². The lowest BCUT2D eigenvalue weighted by Gasteiger charge is -2.32. The molecule has 0 bridgehead atoms. The van der Waals surface area contributed by atoms with Crippen LogP contribution in [0.5, 0.6) is 0 Å². The molecule has 28 heavy (non-hydrogen) atoms. The number of hydrogen-bond donors (Lipinski definition) is 2. The smallest absolute Gasteiger partial charge is 0.276 e. The first-order valence-corrected chi connectivity index (χ1v) is 9.65. The summed E-state index contributed by atoms with van der Waals surface area (Å²) in [6, 6.07) is 8.44. The summed E-state index contributed by atoms with van der Waals surface area (Å²) in [4.78, 5) is 14.7. The third-order valence-electron chi connectivity index (χ3n) is 5.26. The zero-order valence-corrected chi connectivity index (χ0v) is 16.0. The highest BCUT2D eigenvalue weighted by atomic mass is 16.2. The molecule has 8 heteroatoms. The Morgan fingerprint density at radius 3 is 2.93 bits per heavy atom. The molecule has 0 unspecified atom stereocenters. The fraction of sp³-hybridized carbons (Fsp3) is 0.400. The van der Waals surface area contributed by atoms with Crippen molar-refractivity contribution < 1.29 is 4.79 Å². The third-order valence-corrected chi connectivity index (χ3v) is 5.26. The summed E-state index contributed by atoms with van der Waals surface area (Å²) in [5, 5.41) is 15.4. The maximum absolute atomic E-state index is 12.9. The van der Waals surface area contributed by atoms with Gasteiger partial charge in [0.15, 0.2) is 5.69 Å². The maximum Gasteiger partial charge on any atom is 0.276 e. The number of aromatic amines is 1. The molecular weight excluding hydrogens is 354 g/mol. The van der Waals surface area contributed by atoms with Crippen LogP contribution in [0.25, 0.3) is 11.1 Å². The summed E-state index contributed by atoms with van der Waals surface area (Å²) in [5.41, 5.74) is 10.5. The van der Waals surface area contributed by atoms with Crippen LogP contribution < -0.4 is 5.73 Å². The van der Waals surface area contributed by atoms with Crippen molar-refractivity contribution in [3.05, 3.63) is 53.6 Å². The number of benzene rings is 1. The SMILES string of the molecule is Cc1ccc(-c2cn[nH]c2[C@H]2CCCN(C(=O)c3cn(CCN)nn3)C2)cc1. The van der Waals surface area contributed by atoms with Gasteiger partial charge in [-0.2, -0.15) is 5.10 Å². The highest BCUT2D eigenvalue weighted by Crippen LogP contribution is 2.33. The van der Waals surface area contributed by atoms with E-state index in [-0.39, 0.29) is 11.8 Å². The molecule has 0 spiro atoms. The molecule has 0 saturated carbocycles. The van der Waals surface area contributed by atoms with E-state index < -0.39 is 0 Å². The monoisotopic (exact) mass is 379 g/mol. The van der Waals surface area contributed by atoms with Crippen LogP contribution in [0.3, 0.4) is 0 Å². The molecule has 3 aromatic rings. The summed E-state index contributed by atoms with van der Waals surface area (Å²) in [6.07, 6.45) is 5.51. The number of piperidine rings is 1. The number of likely N-dealkylation sites (tertiary alicyclic amines) is 1. The molecule has 1 aromatic carbocycles. The van der Waals surface area contributed by atoms with Gasteiger partial charge in [-0.1, -0.05) is 35.0 Å². The Bertz CT molecular complexity index is 944. The Kier molecular flexibility index (Phi) is 5.21. The molecule has 4 rings (SSSR count). The van der Waals surface area contributed by atoms with Gasteiger partial charge in [0.2, 0.25) is 0 Å². The largest absolute Gasteiger partial charge is 0.337 e. The van der Waals surface area contributed by atoms with Crippen molar-refractivity contribution in [2.24, 2.45) is 5.73 Å². The number of amides is 1. The Balaban J connectivity index is 1.52. The van der Waals surface area contributed by atoms with Gasteiger partial charge in [-0.05, 0) is 25.3 Å². The number of carbonyl (C=O) groups is 1. The van der Waals surface area contributed by atoms with Crippen LogP contribution >= 0.6 is 0 Å². The number of aromatic nitrogens is 5. The van der Waals surface area contributed by atoms with Gasteiger partial charge in [0.25, 0.3) is 5.91 Å². The lowest BCUT2D eigenvalue weighted by molar-refractivity contribution is 0.0700. The molecule has 0 aliphatic carbocycles. The van der Waals surface area contributed by atoms with E-state index in [9.17, 15) is 4.79 Å². The van der Waals surface area contributed by atoms with Gasteiger partial charge in [-0.25, -0.2) is 0 Å². The molecule has 2 aromatic heterocycles. The number of nitrogens with zero attached hydrogens (tertiary/aromatic N) is 5. The van der Waals surface area contributed by atoms with Gasteiger partial charge in [0, 0.05) is 36.8 Å². The average molecular weight is 379 g/mol. The molecule has 3 heterocycles. The zero-order valence-electron chi connectivity index (χ0n) is 16.0. The van der Waals surface area contributed by atoms with Crippen LogP contribution in [0, 0.1) is 6.92 Å². The summed E-state index contributed by atoms with van der Waals surface area (Å²) in [7, 11) is 0. The molecule has 1 atom stereocenters. The van der Waals surface area contributed by atoms with E-state index in [4.69, 9.17) is 5.73 Å². The third kappa shape index (κ3) is 3.68. The molecular formula is C20H25N7O. The van der Waals surface area contributed by atoms with Crippen LogP contribution in [-0.4, -0.2) is 55.6 Å². The summed E-state index contributed by atoms with van der Waals surface area (Å²) < 4.78 is 1.61. The predicted octanol–water partition coefficient (Wildman–Crippen LogP) is 1.96. The minimum atomic E-state index is -0.0793. The van der Waals surface area contributed by atoms with Crippen molar-refractivity contribution in [3.63, 3.8) is 0 Å². The Morgan fingerprint density at radius 2 is 2.14 bits per heavy atom. The molecule has 3 N–H and O–H groups in total. The molecule has 1 aliphatic heterocycles. The van der Waals surface area contributed by atoms with E-state index in [1.54, 1.807) is 10.9 Å². The van der Waals surface area contributed by atoms with Crippen molar-refractivity contribution in [3.8, 4) is 11.1 Å². The van der Waals surface area contributed by atoms with Crippen LogP contribution in [0.1, 0.15) is 40.5 Å². The number of H-pyrrole nitrogens is 1. The van der Waals surface area contributed by atoms with Gasteiger partial charge >= 0.3 is 0 Å². The van der Waals surface area contributed by atoms with Gasteiger partial charge in [-0.15, -0.1) is 5.10 Å². The lowest BCUT2D eigenvalue weighted by atomic mass is 9.90. The Hall–Kier alpha value is -3.00. The maximum atomic E-state index is 12.9. The standard InChI is InChI=1S/C20H25N7O/c1-14-4-6-15(7-5-14)17-11-22-24-19(17)16-3-2-9-26(12-16)20(28)18-13-27(10-8-21)25-23-18/h4-7,11,13,16H,2-3,8-10,12,21H2,1H3,(H,22,24)/t16-/m0/s1. The number of hydrogen-bond acceptors (Lipinski definition) is 5. The molecule has 8 nitrogen and oxygen atoms in total. The van der Waals surface area contributed by atoms with E-state index in [2.05, 4.69) is 51.7 Å². The van der Waals surface area contributed by atoms with Gasteiger partial charge < -0.3 is 10.6 Å². The fourth-order valence-corrected chi connectivity index (χ4v) is 3.77. The molecule has 146 valence electrons. The molecule has 1 aliphatic rings. The van der Waals surface area contributed by atoms with Crippen LogP contribution in [-0.2, 0) is 6.54 Å². The zero-order chi connectivity index (χ0) is 19.5. The first-order valence-electron chi connectivity index (χ1n) is 9.65. The van der Waals surface area contributed by atoms with E-state index in [0.717, 1.165) is 36.2 Å². The number of aryl methyl sites for hydroxylation is 1. The highest BCUT2D eigenvalue weighted by molar-refractivity contribution is 5.92. The number of nitrogens with one attached hydrogen (secondary N) is 1. The minimum Gasteiger partial charge on any atom is -0.337 e. The second-order valence-electron chi connectivity index (χ2n) is 7.31. The normalized spacial score (nSPS) is 17.1. The van der Waals surface area contributed by atoms with E-state index >= 15 is 0 Å². The van der Waals surface area contributed by atoms with E-state index in [1.807, 2.05) is 11.1 Å². The first-order chi connectivity index (χ1) is 13.7. The Labute approximate surface area is 163 Å². The second-order valence-corrected chi connectivity index (χ2v) is 7.31. The number of rotatable bonds is 5. The van der Waals surface area contributed by atoms with Crippen LogP contribution in [0.2, 0.25) is 0 Å². The van der Waals surface area contributed by atoms with Crippen molar-refractivity contribution in [2.75, 3.05) is 19.6 Å². The first kappa shape index (κ1) is 18.4. The minimum absolute atomic E-state index is 0.0793. The molecule has 1 fully saturated rings. The van der Waals surface area contributed by atoms with Crippen LogP contribution in [0.15, 0.2) is 36.7 Å².